The number of rotatable bonds is 5. The normalized spacial score (nSPS) is 32.0. The summed E-state index contributed by atoms with van der Waals surface area (Å²) in [6, 6.07) is 6.67. The van der Waals surface area contributed by atoms with E-state index in [-0.39, 0.29) is 17.2 Å². The average molecular weight is 358 g/mol. The summed E-state index contributed by atoms with van der Waals surface area (Å²) in [5, 5.41) is 3.76. The van der Waals surface area contributed by atoms with Crippen LogP contribution in [0, 0.1) is 5.41 Å². The zero-order valence-corrected chi connectivity index (χ0v) is 17.2. The molecule has 3 aliphatic rings. The molecule has 1 aromatic rings. The minimum atomic E-state index is -0.178. The number of hydrogen-bond acceptors (Lipinski definition) is 3. The summed E-state index contributed by atoms with van der Waals surface area (Å²) in [7, 11) is 0. The molecule has 1 aromatic carbocycles. The van der Waals surface area contributed by atoms with E-state index in [1.807, 2.05) is 6.92 Å². The van der Waals surface area contributed by atoms with E-state index >= 15 is 0 Å². The van der Waals surface area contributed by atoms with Gasteiger partial charge in [-0.1, -0.05) is 53.0 Å². The number of nitrogens with one attached hydrogen (secondary N) is 1. The standard InChI is InChI=1S/C23H35NO2/c1-16(25-17-9-7-6-8-10-17)26-18-11-12-19-20(13-18)22(5)15-24-23(19,22)14-21(2,3)4/h11-13,16-17,24H,6-10,14-15H2,1-5H3. The van der Waals surface area contributed by atoms with E-state index in [1.54, 1.807) is 0 Å². The quantitative estimate of drug-likeness (QED) is 0.729. The molecule has 0 bridgehead atoms. The molecule has 0 aromatic heterocycles. The van der Waals surface area contributed by atoms with Crippen LogP contribution in [0.1, 0.15) is 84.3 Å². The molecule has 0 amide bonds. The van der Waals surface area contributed by atoms with E-state index in [1.165, 1.54) is 49.7 Å². The lowest BCUT2D eigenvalue weighted by Gasteiger charge is -2.69. The molecule has 0 spiro atoms. The molecule has 3 unspecified atom stereocenters. The van der Waals surface area contributed by atoms with Gasteiger partial charge in [0.25, 0.3) is 0 Å². The lowest BCUT2D eigenvalue weighted by Crippen LogP contribution is -2.78. The van der Waals surface area contributed by atoms with Crippen molar-refractivity contribution in [2.75, 3.05) is 6.54 Å². The van der Waals surface area contributed by atoms with Crippen molar-refractivity contribution >= 4 is 0 Å². The van der Waals surface area contributed by atoms with Crippen LogP contribution in [0.4, 0.5) is 0 Å². The van der Waals surface area contributed by atoms with Crippen LogP contribution >= 0.6 is 0 Å². The van der Waals surface area contributed by atoms with Crippen molar-refractivity contribution in [3.05, 3.63) is 29.3 Å². The summed E-state index contributed by atoms with van der Waals surface area (Å²) in [6.07, 6.45) is 7.65. The largest absolute Gasteiger partial charge is 0.465 e. The fourth-order valence-corrected chi connectivity index (χ4v) is 5.49. The summed E-state index contributed by atoms with van der Waals surface area (Å²) >= 11 is 0. The van der Waals surface area contributed by atoms with Crippen LogP contribution in [0.15, 0.2) is 18.2 Å². The van der Waals surface area contributed by atoms with E-state index in [9.17, 15) is 0 Å². The first-order chi connectivity index (χ1) is 12.2. The van der Waals surface area contributed by atoms with Crippen molar-refractivity contribution in [2.45, 2.75) is 96.5 Å². The van der Waals surface area contributed by atoms with Crippen molar-refractivity contribution in [1.82, 2.24) is 5.32 Å². The van der Waals surface area contributed by atoms with Gasteiger partial charge in [0.1, 0.15) is 5.75 Å². The van der Waals surface area contributed by atoms with Gasteiger partial charge in [-0.3, -0.25) is 0 Å². The van der Waals surface area contributed by atoms with Crippen LogP contribution in [0.3, 0.4) is 0 Å². The molecule has 4 rings (SSSR count). The van der Waals surface area contributed by atoms with Gasteiger partial charge in [-0.25, -0.2) is 0 Å². The van der Waals surface area contributed by atoms with Gasteiger partial charge in [-0.05, 0) is 54.9 Å². The Hall–Kier alpha value is -1.06. The average Bonchev–Trinajstić information content (AvgIpc) is 2.58. The Kier molecular flexibility index (Phi) is 4.39. The summed E-state index contributed by atoms with van der Waals surface area (Å²) in [6.45, 7) is 12.5. The smallest absolute Gasteiger partial charge is 0.197 e. The minimum Gasteiger partial charge on any atom is -0.465 e. The van der Waals surface area contributed by atoms with E-state index in [0.29, 0.717) is 11.5 Å². The molecule has 3 nitrogen and oxygen atoms in total. The van der Waals surface area contributed by atoms with Crippen LogP contribution in [0.5, 0.6) is 5.75 Å². The molecule has 2 aliphatic carbocycles. The predicted octanol–water partition coefficient (Wildman–Crippen LogP) is 5.27. The molecule has 0 radical (unpaired) electrons. The Morgan fingerprint density at radius 3 is 2.50 bits per heavy atom. The molecule has 26 heavy (non-hydrogen) atoms. The first-order valence-electron chi connectivity index (χ1n) is 10.5. The molecule has 1 saturated heterocycles. The number of fused-ring (bicyclic) bond motifs is 4. The highest BCUT2D eigenvalue weighted by molar-refractivity contribution is 5.60. The fraction of sp³-hybridized carbons (Fsp3) is 0.739. The van der Waals surface area contributed by atoms with Crippen LogP contribution < -0.4 is 10.1 Å². The second-order valence-corrected chi connectivity index (χ2v) is 10.1. The zero-order valence-electron chi connectivity index (χ0n) is 17.2. The van der Waals surface area contributed by atoms with E-state index in [0.717, 1.165) is 12.3 Å². The summed E-state index contributed by atoms with van der Waals surface area (Å²) in [4.78, 5) is 0. The zero-order chi connectivity index (χ0) is 18.6. The maximum Gasteiger partial charge on any atom is 0.197 e. The minimum absolute atomic E-state index is 0.156. The Balaban J connectivity index is 1.46. The highest BCUT2D eigenvalue weighted by atomic mass is 16.7. The van der Waals surface area contributed by atoms with Crippen molar-refractivity contribution in [1.29, 1.82) is 0 Å². The molecular formula is C23H35NO2. The lowest BCUT2D eigenvalue weighted by atomic mass is 9.44. The molecule has 1 saturated carbocycles. The maximum absolute atomic E-state index is 6.13. The number of ether oxygens (including phenoxy) is 2. The molecule has 3 atom stereocenters. The van der Waals surface area contributed by atoms with Gasteiger partial charge in [0, 0.05) is 12.0 Å². The Labute approximate surface area is 158 Å². The van der Waals surface area contributed by atoms with Crippen LogP contribution in [-0.4, -0.2) is 18.9 Å². The third-order valence-corrected chi connectivity index (χ3v) is 6.76. The number of hydrogen-bond donors (Lipinski definition) is 1. The van der Waals surface area contributed by atoms with E-state index in [2.05, 4.69) is 51.2 Å². The van der Waals surface area contributed by atoms with Crippen molar-refractivity contribution in [3.63, 3.8) is 0 Å². The monoisotopic (exact) mass is 357 g/mol. The summed E-state index contributed by atoms with van der Waals surface area (Å²) in [5.74, 6) is 0.949. The Morgan fingerprint density at radius 2 is 1.88 bits per heavy atom. The van der Waals surface area contributed by atoms with E-state index in [4.69, 9.17) is 9.47 Å². The number of benzene rings is 1. The van der Waals surface area contributed by atoms with Gasteiger partial charge in [-0.2, -0.15) is 0 Å². The van der Waals surface area contributed by atoms with Gasteiger partial charge in [0.2, 0.25) is 0 Å². The molecule has 1 N–H and O–H groups in total. The molecule has 2 fully saturated rings. The second kappa shape index (κ2) is 6.24. The first kappa shape index (κ1) is 18.3. The second-order valence-electron chi connectivity index (χ2n) is 10.1. The Morgan fingerprint density at radius 1 is 1.15 bits per heavy atom. The van der Waals surface area contributed by atoms with Crippen molar-refractivity contribution < 1.29 is 9.47 Å². The summed E-state index contributed by atoms with van der Waals surface area (Å²) in [5.41, 5.74) is 3.63. The van der Waals surface area contributed by atoms with Gasteiger partial charge < -0.3 is 14.8 Å². The predicted molar refractivity (Wildman–Crippen MR) is 106 cm³/mol. The van der Waals surface area contributed by atoms with Gasteiger partial charge in [-0.15, -0.1) is 0 Å². The third-order valence-electron chi connectivity index (χ3n) is 6.76. The van der Waals surface area contributed by atoms with Crippen LogP contribution in [-0.2, 0) is 15.7 Å². The highest BCUT2D eigenvalue weighted by Gasteiger charge is 2.67. The molecule has 1 aliphatic heterocycles. The maximum atomic E-state index is 6.13. The van der Waals surface area contributed by atoms with E-state index < -0.39 is 0 Å². The first-order valence-corrected chi connectivity index (χ1v) is 10.5. The van der Waals surface area contributed by atoms with Crippen molar-refractivity contribution in [2.24, 2.45) is 5.41 Å². The lowest BCUT2D eigenvalue weighted by molar-refractivity contribution is -0.117. The molecule has 1 heterocycles. The van der Waals surface area contributed by atoms with Crippen LogP contribution in [0.25, 0.3) is 0 Å². The van der Waals surface area contributed by atoms with Crippen LogP contribution in [0.2, 0.25) is 0 Å². The molecular weight excluding hydrogens is 322 g/mol. The Bertz CT molecular complexity index is 673. The third kappa shape index (κ3) is 2.88. The fourth-order valence-electron chi connectivity index (χ4n) is 5.49. The van der Waals surface area contributed by atoms with Gasteiger partial charge in [0.05, 0.1) is 11.6 Å². The highest BCUT2D eigenvalue weighted by Crippen LogP contribution is 2.63. The van der Waals surface area contributed by atoms with Gasteiger partial charge >= 0.3 is 0 Å². The van der Waals surface area contributed by atoms with Gasteiger partial charge in [0.15, 0.2) is 6.29 Å². The summed E-state index contributed by atoms with van der Waals surface area (Å²) < 4.78 is 12.3. The molecule has 144 valence electrons. The SMILES string of the molecule is CC(Oc1ccc2c(c1)C1(C)CNC21CC(C)(C)C)OC1CCCCC1. The van der Waals surface area contributed by atoms with Crippen molar-refractivity contribution in [3.8, 4) is 5.75 Å². The topological polar surface area (TPSA) is 30.5 Å². The molecule has 3 heteroatoms.